The van der Waals surface area contributed by atoms with Gasteiger partial charge < -0.3 is 5.11 Å². The summed E-state index contributed by atoms with van der Waals surface area (Å²) in [6.07, 6.45) is 3.69. The van der Waals surface area contributed by atoms with E-state index in [0.29, 0.717) is 10.7 Å². The number of anilines is 1. The van der Waals surface area contributed by atoms with Gasteiger partial charge in [-0.05, 0) is 35.7 Å². The molecule has 0 aromatic heterocycles. The second-order valence-electron chi connectivity index (χ2n) is 9.33. The van der Waals surface area contributed by atoms with Crippen LogP contribution in [0.5, 0.6) is 0 Å². The number of amides is 2. The Morgan fingerprint density at radius 1 is 1.03 bits per heavy atom. The number of nitrogens with one attached hydrogen (secondary N) is 1. The minimum absolute atomic E-state index is 0.0571. The average Bonchev–Trinajstić information content (AvgIpc) is 3.34. The second-order valence-corrected chi connectivity index (χ2v) is 9.73. The smallest absolute Gasteiger partial charge is 0.325 e. The van der Waals surface area contributed by atoms with E-state index in [9.17, 15) is 19.5 Å². The van der Waals surface area contributed by atoms with Crippen molar-refractivity contribution in [2.75, 3.05) is 4.90 Å². The van der Waals surface area contributed by atoms with Crippen molar-refractivity contribution in [3.63, 3.8) is 0 Å². The molecule has 2 saturated heterocycles. The maximum absolute atomic E-state index is 13.9. The number of carbonyl (C=O) groups is 3. The first-order valence-corrected chi connectivity index (χ1v) is 12.1. The predicted molar refractivity (Wildman–Crippen MR) is 139 cm³/mol. The number of fused-ring (bicyclic) bond motifs is 1. The molecule has 36 heavy (non-hydrogen) atoms. The third-order valence-corrected chi connectivity index (χ3v) is 7.52. The fourth-order valence-electron chi connectivity index (χ4n) is 5.32. The van der Waals surface area contributed by atoms with Crippen LogP contribution in [0.2, 0.25) is 5.02 Å². The van der Waals surface area contributed by atoms with Crippen molar-refractivity contribution in [2.24, 2.45) is 11.8 Å². The van der Waals surface area contributed by atoms with Gasteiger partial charge in [0.15, 0.2) is 0 Å². The molecule has 3 aromatic carbocycles. The summed E-state index contributed by atoms with van der Waals surface area (Å²) in [6, 6.07) is 23.0. The lowest BCUT2D eigenvalue weighted by Gasteiger charge is -2.31. The summed E-state index contributed by atoms with van der Waals surface area (Å²) in [5.41, 5.74) is 1.17. The molecular formula is C29H25ClN2O4. The number of hydrogen-bond acceptors (Lipinski definition) is 4. The van der Waals surface area contributed by atoms with Crippen molar-refractivity contribution >= 4 is 41.1 Å². The van der Waals surface area contributed by atoms with Crippen molar-refractivity contribution in [1.82, 2.24) is 5.32 Å². The Kier molecular flexibility index (Phi) is 6.24. The van der Waals surface area contributed by atoms with Crippen LogP contribution in [0.25, 0.3) is 6.08 Å². The van der Waals surface area contributed by atoms with Gasteiger partial charge in [0.1, 0.15) is 5.54 Å². The zero-order valence-electron chi connectivity index (χ0n) is 19.6. The van der Waals surface area contributed by atoms with Crippen LogP contribution in [0.3, 0.4) is 0 Å². The first-order valence-electron chi connectivity index (χ1n) is 11.7. The minimum atomic E-state index is -1.66. The molecule has 7 heteroatoms. The van der Waals surface area contributed by atoms with Crippen molar-refractivity contribution in [3.05, 3.63) is 107 Å². The van der Waals surface area contributed by atoms with Gasteiger partial charge in [0.25, 0.3) is 0 Å². The van der Waals surface area contributed by atoms with E-state index in [1.807, 2.05) is 73.7 Å². The SMILES string of the molecule is Cc1ccc(N2C(=O)C3C(/C=C/c4ccccc4)NC(Cc4ccccc4)(C(=O)O)C3C2=O)cc1Cl. The van der Waals surface area contributed by atoms with Gasteiger partial charge in [0.05, 0.1) is 17.5 Å². The van der Waals surface area contributed by atoms with Crippen molar-refractivity contribution in [3.8, 4) is 0 Å². The lowest BCUT2D eigenvalue weighted by atomic mass is 9.76. The molecule has 0 aliphatic carbocycles. The van der Waals surface area contributed by atoms with E-state index in [2.05, 4.69) is 5.32 Å². The summed E-state index contributed by atoms with van der Waals surface area (Å²) < 4.78 is 0. The summed E-state index contributed by atoms with van der Waals surface area (Å²) in [5, 5.41) is 14.2. The van der Waals surface area contributed by atoms with E-state index in [0.717, 1.165) is 21.6 Å². The molecule has 2 heterocycles. The molecule has 4 atom stereocenters. The molecule has 4 unspecified atom stereocenters. The average molecular weight is 501 g/mol. The molecule has 3 aromatic rings. The predicted octanol–water partition coefficient (Wildman–Crippen LogP) is 4.51. The molecule has 0 bridgehead atoms. The summed E-state index contributed by atoms with van der Waals surface area (Å²) >= 11 is 6.30. The largest absolute Gasteiger partial charge is 0.480 e. The molecule has 5 rings (SSSR count). The molecule has 0 radical (unpaired) electrons. The number of nitrogens with zero attached hydrogens (tertiary/aromatic N) is 1. The Balaban J connectivity index is 1.60. The number of aryl methyl sites for hydroxylation is 1. The molecule has 2 N–H and O–H groups in total. The normalized spacial score (nSPS) is 25.5. The molecule has 2 aliphatic heterocycles. The maximum atomic E-state index is 13.9. The Hall–Kier alpha value is -3.74. The van der Waals surface area contributed by atoms with Crippen LogP contribution >= 0.6 is 11.6 Å². The molecule has 182 valence electrons. The maximum Gasteiger partial charge on any atom is 0.325 e. The Bertz CT molecular complexity index is 1360. The van der Waals surface area contributed by atoms with Crippen LogP contribution < -0.4 is 10.2 Å². The number of halogens is 1. The Morgan fingerprint density at radius 2 is 1.69 bits per heavy atom. The number of carboxylic acids is 1. The topological polar surface area (TPSA) is 86.7 Å². The zero-order chi connectivity index (χ0) is 25.4. The third-order valence-electron chi connectivity index (χ3n) is 7.11. The quantitative estimate of drug-likeness (QED) is 0.486. The summed E-state index contributed by atoms with van der Waals surface area (Å²) in [7, 11) is 0. The third kappa shape index (κ3) is 4.02. The number of aliphatic carboxylic acids is 1. The second kappa shape index (κ2) is 9.37. The number of benzene rings is 3. The number of carbonyl (C=O) groups excluding carboxylic acids is 2. The van der Waals surface area contributed by atoms with E-state index in [1.54, 1.807) is 24.3 Å². The Labute approximate surface area is 214 Å². The van der Waals surface area contributed by atoms with Crippen LogP contribution in [0, 0.1) is 18.8 Å². The summed E-state index contributed by atoms with van der Waals surface area (Å²) in [6.45, 7) is 1.83. The fraction of sp³-hybridized carbons (Fsp3) is 0.207. The molecular weight excluding hydrogens is 476 g/mol. The van der Waals surface area contributed by atoms with Crippen LogP contribution in [0.1, 0.15) is 16.7 Å². The highest BCUT2D eigenvalue weighted by Gasteiger charge is 2.68. The van der Waals surface area contributed by atoms with Crippen LogP contribution in [0.15, 0.2) is 84.9 Å². The van der Waals surface area contributed by atoms with Gasteiger partial charge in [-0.15, -0.1) is 0 Å². The highest BCUT2D eigenvalue weighted by molar-refractivity contribution is 6.32. The number of imide groups is 1. The van der Waals surface area contributed by atoms with E-state index in [-0.39, 0.29) is 6.42 Å². The molecule has 2 fully saturated rings. The first kappa shape index (κ1) is 24.0. The molecule has 0 saturated carbocycles. The van der Waals surface area contributed by atoms with Gasteiger partial charge in [0, 0.05) is 17.5 Å². The van der Waals surface area contributed by atoms with Gasteiger partial charge in [-0.3, -0.25) is 19.7 Å². The first-order chi connectivity index (χ1) is 17.3. The van der Waals surface area contributed by atoms with E-state index in [1.165, 1.54) is 0 Å². The van der Waals surface area contributed by atoms with Gasteiger partial charge in [0.2, 0.25) is 11.8 Å². The van der Waals surface area contributed by atoms with Crippen molar-refractivity contribution < 1.29 is 19.5 Å². The highest BCUT2D eigenvalue weighted by Crippen LogP contribution is 2.46. The van der Waals surface area contributed by atoms with Crippen LogP contribution in [-0.2, 0) is 20.8 Å². The van der Waals surface area contributed by atoms with E-state index in [4.69, 9.17) is 11.6 Å². The Morgan fingerprint density at radius 3 is 2.33 bits per heavy atom. The van der Waals surface area contributed by atoms with Crippen LogP contribution in [-0.4, -0.2) is 34.5 Å². The van der Waals surface area contributed by atoms with Crippen LogP contribution in [0.4, 0.5) is 5.69 Å². The monoisotopic (exact) mass is 500 g/mol. The van der Waals surface area contributed by atoms with Crippen molar-refractivity contribution in [1.29, 1.82) is 0 Å². The number of hydrogen-bond donors (Lipinski definition) is 2. The summed E-state index contributed by atoms with van der Waals surface area (Å²) in [5.74, 6) is -4.10. The number of rotatable bonds is 6. The molecule has 2 aliphatic rings. The van der Waals surface area contributed by atoms with E-state index < -0.39 is 41.2 Å². The van der Waals surface area contributed by atoms with Gasteiger partial charge in [-0.2, -0.15) is 0 Å². The van der Waals surface area contributed by atoms with Crippen molar-refractivity contribution in [2.45, 2.75) is 24.9 Å². The standard InChI is InChI=1S/C29H25ClN2O4/c1-18-12-14-21(16-22(18)30)32-26(33)24-23(15-13-19-8-4-2-5-9-19)31-29(28(35)36,25(24)27(32)34)17-20-10-6-3-7-11-20/h2-16,23-25,31H,17H2,1H3,(H,35,36)/b15-13+. The molecule has 6 nitrogen and oxygen atoms in total. The fourth-order valence-corrected chi connectivity index (χ4v) is 5.49. The lowest BCUT2D eigenvalue weighted by Crippen LogP contribution is -2.58. The molecule has 0 spiro atoms. The van der Waals surface area contributed by atoms with Gasteiger partial charge in [-0.25, -0.2) is 4.90 Å². The highest BCUT2D eigenvalue weighted by atomic mass is 35.5. The van der Waals surface area contributed by atoms with Gasteiger partial charge in [-0.1, -0.05) is 90.5 Å². The minimum Gasteiger partial charge on any atom is -0.480 e. The molecule has 2 amide bonds. The summed E-state index contributed by atoms with van der Waals surface area (Å²) in [4.78, 5) is 41.6. The lowest BCUT2D eigenvalue weighted by molar-refractivity contribution is -0.148. The zero-order valence-corrected chi connectivity index (χ0v) is 20.4. The number of carboxylic acid groups (broad SMARTS) is 1. The van der Waals surface area contributed by atoms with Gasteiger partial charge >= 0.3 is 5.97 Å². The van der Waals surface area contributed by atoms with E-state index >= 15 is 0 Å².